The fraction of sp³-hybridized carbons (Fsp3) is 1.00. The zero-order valence-corrected chi connectivity index (χ0v) is 11.1. The Morgan fingerprint density at radius 1 is 1.21 bits per heavy atom. The van der Waals surface area contributed by atoms with E-state index in [0.717, 1.165) is 19.1 Å². The van der Waals surface area contributed by atoms with Gasteiger partial charge < -0.3 is 0 Å². The smallest absolute Gasteiger partial charge is 0.111 e. The first-order valence-electron chi connectivity index (χ1n) is 5.66. The fourth-order valence-electron chi connectivity index (χ4n) is 1.60. The topological polar surface area (TPSA) is 9.23 Å². The minimum absolute atomic E-state index is 0.291. The summed E-state index contributed by atoms with van der Waals surface area (Å²) in [5.74, 6) is 0.742. The van der Waals surface area contributed by atoms with E-state index in [0.29, 0.717) is 10.1 Å². The van der Waals surface area contributed by atoms with Gasteiger partial charge in [0.05, 0.1) is 14.1 Å². The van der Waals surface area contributed by atoms with Crippen LogP contribution in [0.5, 0.6) is 0 Å². The van der Waals surface area contributed by atoms with Crippen LogP contribution < -0.4 is 0 Å². The zero-order valence-electron chi connectivity index (χ0n) is 11.1. The van der Waals surface area contributed by atoms with E-state index in [4.69, 9.17) is 4.84 Å². The van der Waals surface area contributed by atoms with Crippen LogP contribution >= 0.6 is 0 Å². The van der Waals surface area contributed by atoms with Crippen molar-refractivity contribution in [2.45, 2.75) is 41.0 Å². The minimum Gasteiger partial charge on any atom is -0.203 e. The molecule has 0 aliphatic heterocycles. The largest absolute Gasteiger partial charge is 0.203 e. The minimum atomic E-state index is 0.291. The Hall–Kier alpha value is -0.0800. The summed E-state index contributed by atoms with van der Waals surface area (Å²) in [5, 5.41) is 0. The van der Waals surface area contributed by atoms with Gasteiger partial charge in [-0.2, -0.15) is 4.65 Å². The summed E-state index contributed by atoms with van der Waals surface area (Å²) in [6.07, 6.45) is 1.22. The highest BCUT2D eigenvalue weighted by molar-refractivity contribution is 4.68. The lowest BCUT2D eigenvalue weighted by Crippen LogP contribution is -2.42. The van der Waals surface area contributed by atoms with Crippen molar-refractivity contribution in [3.63, 3.8) is 0 Å². The van der Waals surface area contributed by atoms with Gasteiger partial charge in [-0.25, -0.2) is 4.84 Å². The lowest BCUT2D eigenvalue weighted by Gasteiger charge is -2.32. The normalized spacial score (nSPS) is 13.7. The van der Waals surface area contributed by atoms with Crippen LogP contribution in [0.25, 0.3) is 0 Å². The predicted molar refractivity (Wildman–Crippen MR) is 61.8 cm³/mol. The van der Waals surface area contributed by atoms with Gasteiger partial charge in [0.1, 0.15) is 13.2 Å². The summed E-state index contributed by atoms with van der Waals surface area (Å²) in [5.41, 5.74) is 0.291. The van der Waals surface area contributed by atoms with E-state index in [1.54, 1.807) is 0 Å². The highest BCUT2D eigenvalue weighted by Gasteiger charge is 2.24. The Kier molecular flexibility index (Phi) is 5.10. The molecule has 86 valence electrons. The van der Waals surface area contributed by atoms with Crippen LogP contribution in [0.1, 0.15) is 41.0 Å². The molecule has 0 radical (unpaired) electrons. The Morgan fingerprint density at radius 2 is 1.71 bits per heavy atom. The van der Waals surface area contributed by atoms with Crippen LogP contribution in [-0.4, -0.2) is 31.9 Å². The molecule has 0 aromatic heterocycles. The molecule has 0 rings (SSSR count). The molecule has 0 spiro atoms. The van der Waals surface area contributed by atoms with Gasteiger partial charge >= 0.3 is 0 Å². The van der Waals surface area contributed by atoms with Crippen molar-refractivity contribution in [1.29, 1.82) is 0 Å². The van der Waals surface area contributed by atoms with Gasteiger partial charge in [-0.05, 0) is 24.7 Å². The first-order chi connectivity index (χ1) is 6.18. The maximum absolute atomic E-state index is 5.88. The molecule has 0 heterocycles. The molecule has 0 aromatic carbocycles. The van der Waals surface area contributed by atoms with E-state index >= 15 is 0 Å². The quantitative estimate of drug-likeness (QED) is 0.475. The van der Waals surface area contributed by atoms with Gasteiger partial charge in [-0.15, -0.1) is 0 Å². The average molecular weight is 202 g/mol. The second-order valence-corrected chi connectivity index (χ2v) is 5.93. The second-order valence-electron chi connectivity index (χ2n) is 5.93. The molecule has 0 aromatic rings. The molecule has 0 fully saturated rings. The van der Waals surface area contributed by atoms with Gasteiger partial charge in [-0.3, -0.25) is 0 Å². The molecule has 2 heteroatoms. The molecule has 0 aliphatic carbocycles. The summed E-state index contributed by atoms with van der Waals surface area (Å²) in [4.78, 5) is 5.88. The molecule has 0 amide bonds. The molecule has 14 heavy (non-hydrogen) atoms. The van der Waals surface area contributed by atoms with Crippen molar-refractivity contribution in [3.05, 3.63) is 0 Å². The van der Waals surface area contributed by atoms with Gasteiger partial charge in [0.25, 0.3) is 0 Å². The summed E-state index contributed by atoms with van der Waals surface area (Å²) in [7, 11) is 4.21. The van der Waals surface area contributed by atoms with Crippen LogP contribution in [0, 0.1) is 11.3 Å². The lowest BCUT2D eigenvalue weighted by atomic mass is 9.85. The van der Waals surface area contributed by atoms with Crippen molar-refractivity contribution in [3.8, 4) is 0 Å². The van der Waals surface area contributed by atoms with E-state index in [-0.39, 0.29) is 0 Å². The molecule has 0 unspecified atom stereocenters. The fourth-order valence-corrected chi connectivity index (χ4v) is 1.60. The third-order valence-electron chi connectivity index (χ3n) is 2.53. The standard InChI is InChI=1S/C12H28NO/c1-8-13(6,7)14-10-12(4,5)9-11(2)3/h11H,8-10H2,1-7H3/q+1. The number of rotatable bonds is 6. The molecule has 0 atom stereocenters. The first-order valence-corrected chi connectivity index (χ1v) is 5.66. The molecule has 0 aliphatic rings. The summed E-state index contributed by atoms with van der Waals surface area (Å²) < 4.78 is 0.654. The van der Waals surface area contributed by atoms with Gasteiger partial charge in [0, 0.05) is 0 Å². The third kappa shape index (κ3) is 6.39. The van der Waals surface area contributed by atoms with Crippen molar-refractivity contribution >= 4 is 0 Å². The number of nitrogens with zero attached hydrogens (tertiary/aromatic N) is 1. The van der Waals surface area contributed by atoms with Gasteiger partial charge in [0.2, 0.25) is 0 Å². The average Bonchev–Trinajstić information content (AvgIpc) is 1.99. The lowest BCUT2D eigenvalue weighted by molar-refractivity contribution is -1.08. The summed E-state index contributed by atoms with van der Waals surface area (Å²) in [6, 6.07) is 0. The highest BCUT2D eigenvalue weighted by Crippen LogP contribution is 2.26. The van der Waals surface area contributed by atoms with Gasteiger partial charge in [-0.1, -0.05) is 27.7 Å². The van der Waals surface area contributed by atoms with E-state index in [2.05, 4.69) is 48.7 Å². The van der Waals surface area contributed by atoms with Crippen molar-refractivity contribution in [1.82, 2.24) is 0 Å². The molecule has 2 nitrogen and oxygen atoms in total. The van der Waals surface area contributed by atoms with Crippen molar-refractivity contribution in [2.24, 2.45) is 11.3 Å². The zero-order chi connectivity index (χ0) is 11.4. The molecule has 0 bridgehead atoms. The molecule has 0 saturated heterocycles. The number of hydrogen-bond donors (Lipinski definition) is 0. The summed E-state index contributed by atoms with van der Waals surface area (Å²) in [6.45, 7) is 13.1. The van der Waals surface area contributed by atoms with Gasteiger partial charge in [0.15, 0.2) is 0 Å². The molecule has 0 saturated carbocycles. The number of hydroxylamine groups is 3. The Labute approximate surface area is 89.8 Å². The van der Waals surface area contributed by atoms with Crippen LogP contribution in [0.3, 0.4) is 0 Å². The molecule has 0 N–H and O–H groups in total. The van der Waals surface area contributed by atoms with Crippen LogP contribution in [0.2, 0.25) is 0 Å². The summed E-state index contributed by atoms with van der Waals surface area (Å²) >= 11 is 0. The van der Waals surface area contributed by atoms with E-state index < -0.39 is 0 Å². The van der Waals surface area contributed by atoms with Crippen LogP contribution in [0.15, 0.2) is 0 Å². The van der Waals surface area contributed by atoms with Crippen molar-refractivity contribution in [2.75, 3.05) is 27.2 Å². The predicted octanol–water partition coefficient (Wildman–Crippen LogP) is 3.09. The second kappa shape index (κ2) is 5.13. The number of hydrogen-bond acceptors (Lipinski definition) is 1. The molecular weight excluding hydrogens is 174 g/mol. The Balaban J connectivity index is 3.98. The Bertz CT molecular complexity index is 162. The number of quaternary nitrogens is 1. The van der Waals surface area contributed by atoms with Crippen LogP contribution in [0.4, 0.5) is 0 Å². The van der Waals surface area contributed by atoms with E-state index in [1.165, 1.54) is 6.42 Å². The van der Waals surface area contributed by atoms with Crippen molar-refractivity contribution < 1.29 is 9.48 Å². The first kappa shape index (κ1) is 13.9. The maximum Gasteiger partial charge on any atom is 0.111 e. The molecular formula is C12H28NO+. The SMILES string of the molecule is CC[N+](C)(C)OCC(C)(C)CC(C)C. The highest BCUT2D eigenvalue weighted by atomic mass is 16.7. The third-order valence-corrected chi connectivity index (χ3v) is 2.53. The van der Waals surface area contributed by atoms with E-state index in [9.17, 15) is 0 Å². The van der Waals surface area contributed by atoms with E-state index in [1.807, 2.05) is 0 Å². The maximum atomic E-state index is 5.88. The van der Waals surface area contributed by atoms with Crippen LogP contribution in [-0.2, 0) is 4.84 Å². The Morgan fingerprint density at radius 3 is 2.07 bits per heavy atom. The monoisotopic (exact) mass is 202 g/mol.